The number of aryl methyl sites for hydroxylation is 1. The van der Waals surface area contributed by atoms with Crippen LogP contribution in [0.1, 0.15) is 49.8 Å². The number of hydrogen-bond donors (Lipinski definition) is 0. The molecule has 5 heteroatoms. The lowest BCUT2D eigenvalue weighted by Gasteiger charge is -2.20. The normalized spacial score (nSPS) is 17.6. The van der Waals surface area contributed by atoms with Gasteiger partial charge in [0.25, 0.3) is 5.56 Å². The molecule has 132 valence electrons. The van der Waals surface area contributed by atoms with Crippen molar-refractivity contribution in [2.45, 2.75) is 56.5 Å². The van der Waals surface area contributed by atoms with Gasteiger partial charge in [-0.05, 0) is 68.7 Å². The first kappa shape index (κ1) is 16.8. The molecule has 1 saturated carbocycles. The number of benzene rings is 1. The van der Waals surface area contributed by atoms with E-state index in [1.54, 1.807) is 28.5 Å². The fraction of sp³-hybridized carbons (Fsp3) is 0.500. The summed E-state index contributed by atoms with van der Waals surface area (Å²) in [6.45, 7) is 0. The van der Waals surface area contributed by atoms with E-state index in [1.807, 2.05) is 0 Å². The summed E-state index contributed by atoms with van der Waals surface area (Å²) in [7, 11) is 0. The van der Waals surface area contributed by atoms with E-state index in [1.165, 1.54) is 37.8 Å². The number of halogens is 1. The average Bonchev–Trinajstić information content (AvgIpc) is 3.15. The maximum Gasteiger partial charge on any atom is 0.262 e. The molecule has 1 aromatic heterocycles. The van der Waals surface area contributed by atoms with Crippen molar-refractivity contribution in [1.29, 1.82) is 0 Å². The zero-order valence-electron chi connectivity index (χ0n) is 14.3. The van der Waals surface area contributed by atoms with Crippen LogP contribution in [0.3, 0.4) is 0 Å². The van der Waals surface area contributed by atoms with Gasteiger partial charge in [-0.3, -0.25) is 9.36 Å². The molecular weight excluding hydrogens is 335 g/mol. The van der Waals surface area contributed by atoms with Gasteiger partial charge in [0.15, 0.2) is 5.16 Å². The van der Waals surface area contributed by atoms with Crippen LogP contribution >= 0.6 is 11.8 Å². The second kappa shape index (κ2) is 7.32. The summed E-state index contributed by atoms with van der Waals surface area (Å²) < 4.78 is 15.0. The smallest absolute Gasteiger partial charge is 0.262 e. The number of fused-ring (bicyclic) bond motifs is 1. The molecule has 0 saturated heterocycles. The second-order valence-electron chi connectivity index (χ2n) is 7.11. The Hall–Kier alpha value is -1.62. The average molecular weight is 358 g/mol. The predicted molar refractivity (Wildman–Crippen MR) is 99.1 cm³/mol. The Morgan fingerprint density at radius 1 is 1.08 bits per heavy atom. The molecule has 0 bridgehead atoms. The first-order chi connectivity index (χ1) is 12.2. The first-order valence-corrected chi connectivity index (χ1v) is 10.2. The number of hydrogen-bond acceptors (Lipinski definition) is 3. The molecule has 0 unspecified atom stereocenters. The van der Waals surface area contributed by atoms with Crippen molar-refractivity contribution in [3.63, 3.8) is 0 Å². The summed E-state index contributed by atoms with van der Waals surface area (Å²) in [5.74, 6) is 1.44. The van der Waals surface area contributed by atoms with E-state index < -0.39 is 0 Å². The van der Waals surface area contributed by atoms with Gasteiger partial charge in [0.2, 0.25) is 0 Å². The quantitative estimate of drug-likeness (QED) is 0.595. The van der Waals surface area contributed by atoms with Crippen LogP contribution in [-0.4, -0.2) is 15.3 Å². The third kappa shape index (κ3) is 3.52. The fourth-order valence-electron chi connectivity index (χ4n) is 3.91. The molecule has 0 aliphatic heterocycles. The van der Waals surface area contributed by atoms with Crippen molar-refractivity contribution in [2.24, 2.45) is 5.92 Å². The van der Waals surface area contributed by atoms with Crippen LogP contribution < -0.4 is 5.56 Å². The molecule has 2 aliphatic rings. The highest BCUT2D eigenvalue weighted by atomic mass is 32.2. The van der Waals surface area contributed by atoms with Gasteiger partial charge in [0, 0.05) is 11.3 Å². The van der Waals surface area contributed by atoms with Crippen molar-refractivity contribution < 1.29 is 4.39 Å². The number of thioether (sulfide) groups is 1. The molecule has 0 spiro atoms. The van der Waals surface area contributed by atoms with Crippen LogP contribution in [0.25, 0.3) is 5.69 Å². The highest BCUT2D eigenvalue weighted by Gasteiger charge is 2.22. The van der Waals surface area contributed by atoms with E-state index in [4.69, 9.17) is 4.98 Å². The largest absolute Gasteiger partial charge is 0.269 e. The van der Waals surface area contributed by atoms with Gasteiger partial charge < -0.3 is 0 Å². The lowest BCUT2D eigenvalue weighted by molar-refractivity contribution is 0.609. The molecule has 2 aromatic rings. The minimum atomic E-state index is -0.289. The van der Waals surface area contributed by atoms with Gasteiger partial charge in [0.05, 0.1) is 11.4 Å². The Balaban J connectivity index is 1.75. The molecule has 0 atom stereocenters. The van der Waals surface area contributed by atoms with Crippen LogP contribution in [0.5, 0.6) is 0 Å². The molecule has 0 N–H and O–H groups in total. The summed E-state index contributed by atoms with van der Waals surface area (Å²) in [6, 6.07) is 6.17. The molecule has 4 rings (SSSR count). The van der Waals surface area contributed by atoms with Crippen LogP contribution in [0.15, 0.2) is 34.2 Å². The molecular formula is C20H23FN2OS. The Morgan fingerprint density at radius 3 is 2.56 bits per heavy atom. The van der Waals surface area contributed by atoms with Gasteiger partial charge >= 0.3 is 0 Å². The highest BCUT2D eigenvalue weighted by Crippen LogP contribution is 2.31. The maximum atomic E-state index is 13.3. The third-order valence-corrected chi connectivity index (χ3v) is 6.50. The molecule has 2 aliphatic carbocycles. The van der Waals surface area contributed by atoms with Crippen molar-refractivity contribution in [2.75, 3.05) is 5.75 Å². The van der Waals surface area contributed by atoms with Gasteiger partial charge in [-0.25, -0.2) is 9.37 Å². The van der Waals surface area contributed by atoms with E-state index in [9.17, 15) is 9.18 Å². The molecule has 1 heterocycles. The van der Waals surface area contributed by atoms with E-state index in [0.717, 1.165) is 53.8 Å². The van der Waals surface area contributed by atoms with E-state index in [-0.39, 0.29) is 11.4 Å². The maximum absolute atomic E-state index is 13.3. The zero-order chi connectivity index (χ0) is 17.2. The summed E-state index contributed by atoms with van der Waals surface area (Å²) in [5, 5.41) is 0.768. The number of nitrogens with zero attached hydrogens (tertiary/aromatic N) is 2. The van der Waals surface area contributed by atoms with E-state index in [0.29, 0.717) is 5.69 Å². The van der Waals surface area contributed by atoms with Gasteiger partial charge in [0.1, 0.15) is 5.82 Å². The molecule has 0 radical (unpaired) electrons. The third-order valence-electron chi connectivity index (χ3n) is 5.33. The van der Waals surface area contributed by atoms with Crippen LogP contribution in [0.2, 0.25) is 0 Å². The summed E-state index contributed by atoms with van der Waals surface area (Å²) in [6.07, 6.45) is 9.02. The first-order valence-electron chi connectivity index (χ1n) is 9.26. The van der Waals surface area contributed by atoms with Crippen molar-refractivity contribution >= 4 is 11.8 Å². The minimum Gasteiger partial charge on any atom is -0.269 e. The van der Waals surface area contributed by atoms with Crippen molar-refractivity contribution in [3.8, 4) is 5.69 Å². The summed E-state index contributed by atoms with van der Waals surface area (Å²) >= 11 is 1.69. The number of aromatic nitrogens is 2. The lowest BCUT2D eigenvalue weighted by atomic mass is 9.97. The topological polar surface area (TPSA) is 34.9 Å². The lowest BCUT2D eigenvalue weighted by Crippen LogP contribution is -2.29. The van der Waals surface area contributed by atoms with E-state index >= 15 is 0 Å². The molecule has 1 fully saturated rings. The van der Waals surface area contributed by atoms with Crippen molar-refractivity contribution in [1.82, 2.24) is 9.55 Å². The second-order valence-corrected chi connectivity index (χ2v) is 8.09. The summed E-state index contributed by atoms with van der Waals surface area (Å²) in [4.78, 5) is 18.0. The Bertz CT molecular complexity index is 810. The van der Waals surface area contributed by atoms with Gasteiger partial charge in [-0.15, -0.1) is 0 Å². The number of rotatable bonds is 4. The zero-order valence-corrected chi connectivity index (χ0v) is 15.2. The molecule has 25 heavy (non-hydrogen) atoms. The van der Waals surface area contributed by atoms with E-state index in [2.05, 4.69) is 0 Å². The predicted octanol–water partition coefficient (Wildman–Crippen LogP) is 4.53. The Kier molecular flexibility index (Phi) is 4.93. The molecule has 0 amide bonds. The fourth-order valence-corrected chi connectivity index (χ4v) is 5.12. The SMILES string of the molecule is O=c1c2c(nc(SCC3CCCC3)n1-c1ccc(F)cc1)CCCC2. The molecule has 1 aromatic carbocycles. The van der Waals surface area contributed by atoms with Gasteiger partial charge in [-0.2, -0.15) is 0 Å². The van der Waals surface area contributed by atoms with Gasteiger partial charge in [-0.1, -0.05) is 24.6 Å². The van der Waals surface area contributed by atoms with Crippen LogP contribution in [0, 0.1) is 11.7 Å². The Labute approximate surface area is 151 Å². The standard InChI is InChI=1S/C20H23FN2OS/c21-15-9-11-16(12-10-15)23-19(24)17-7-3-4-8-18(17)22-20(23)25-13-14-5-1-2-6-14/h9-12,14H,1-8,13H2. The molecule has 3 nitrogen and oxygen atoms in total. The Morgan fingerprint density at radius 2 is 1.80 bits per heavy atom. The minimum absolute atomic E-state index is 0.0326. The monoisotopic (exact) mass is 358 g/mol. The van der Waals surface area contributed by atoms with Crippen LogP contribution in [0.4, 0.5) is 4.39 Å². The van der Waals surface area contributed by atoms with Crippen molar-refractivity contribution in [3.05, 3.63) is 51.7 Å². The highest BCUT2D eigenvalue weighted by molar-refractivity contribution is 7.99. The summed E-state index contributed by atoms with van der Waals surface area (Å²) in [5.41, 5.74) is 2.57. The van der Waals surface area contributed by atoms with Crippen LogP contribution in [-0.2, 0) is 12.8 Å².